The number of carbonyl (C=O) groups is 2. The van der Waals surface area contributed by atoms with Crippen molar-refractivity contribution >= 4 is 11.9 Å². The molecule has 2 heterocycles. The van der Waals surface area contributed by atoms with E-state index in [4.69, 9.17) is 9.15 Å². The lowest BCUT2D eigenvalue weighted by Crippen LogP contribution is -2.47. The zero-order valence-electron chi connectivity index (χ0n) is 14.3. The average Bonchev–Trinajstić information content (AvgIpc) is 3.03. The number of amides is 1. The van der Waals surface area contributed by atoms with Crippen LogP contribution in [-0.2, 0) is 16.1 Å². The summed E-state index contributed by atoms with van der Waals surface area (Å²) in [4.78, 5) is 25.5. The van der Waals surface area contributed by atoms with Gasteiger partial charge in [0.1, 0.15) is 5.76 Å². The predicted molar refractivity (Wildman–Crippen MR) is 87.8 cm³/mol. The topological polar surface area (TPSA) is 92.0 Å². The molecule has 1 amide bonds. The number of hydrogen-bond acceptors (Lipinski definition) is 5. The number of carboxylic acids is 1. The molecule has 1 fully saturated rings. The van der Waals surface area contributed by atoms with Gasteiger partial charge in [0.05, 0.1) is 12.0 Å². The third kappa shape index (κ3) is 4.36. The van der Waals surface area contributed by atoms with E-state index in [0.717, 1.165) is 19.4 Å². The molecular weight excluding hydrogens is 312 g/mol. The summed E-state index contributed by atoms with van der Waals surface area (Å²) in [5.41, 5.74) is -0.729. The zero-order valence-corrected chi connectivity index (χ0v) is 14.3. The first kappa shape index (κ1) is 18.5. The van der Waals surface area contributed by atoms with Crippen LogP contribution in [0, 0.1) is 5.41 Å². The third-order valence-corrected chi connectivity index (χ3v) is 4.61. The molecule has 24 heavy (non-hydrogen) atoms. The van der Waals surface area contributed by atoms with Crippen molar-refractivity contribution < 1.29 is 23.8 Å². The monoisotopic (exact) mass is 338 g/mol. The SMILES string of the molecule is CNC(=O)c1ccc(CN2CCC[C@](CCCOC)(C(=O)O)C2)o1. The molecule has 134 valence electrons. The van der Waals surface area contributed by atoms with Crippen LogP contribution < -0.4 is 5.32 Å². The number of ether oxygens (including phenoxy) is 1. The Morgan fingerprint density at radius 3 is 2.92 bits per heavy atom. The van der Waals surface area contributed by atoms with Crippen molar-refractivity contribution in [2.75, 3.05) is 33.9 Å². The summed E-state index contributed by atoms with van der Waals surface area (Å²) in [5.74, 6) is -0.0612. The minimum atomic E-state index is -0.742. The van der Waals surface area contributed by atoms with Gasteiger partial charge in [-0.1, -0.05) is 0 Å². The lowest BCUT2D eigenvalue weighted by molar-refractivity contribution is -0.153. The lowest BCUT2D eigenvalue weighted by Gasteiger charge is -2.39. The Morgan fingerprint density at radius 2 is 2.25 bits per heavy atom. The summed E-state index contributed by atoms with van der Waals surface area (Å²) >= 11 is 0. The third-order valence-electron chi connectivity index (χ3n) is 4.61. The Labute approximate surface area is 142 Å². The molecule has 1 aromatic rings. The van der Waals surface area contributed by atoms with Crippen LogP contribution in [-0.4, -0.2) is 55.7 Å². The first-order valence-electron chi connectivity index (χ1n) is 8.26. The quantitative estimate of drug-likeness (QED) is 0.702. The Kier molecular flexibility index (Phi) is 6.39. The van der Waals surface area contributed by atoms with Gasteiger partial charge >= 0.3 is 5.97 Å². The number of hydrogen-bond donors (Lipinski definition) is 2. The second-order valence-corrected chi connectivity index (χ2v) is 6.34. The van der Waals surface area contributed by atoms with Crippen LogP contribution >= 0.6 is 0 Å². The van der Waals surface area contributed by atoms with E-state index < -0.39 is 11.4 Å². The highest BCUT2D eigenvalue weighted by atomic mass is 16.5. The van der Waals surface area contributed by atoms with E-state index in [1.807, 2.05) is 0 Å². The van der Waals surface area contributed by atoms with Crippen molar-refractivity contribution in [3.8, 4) is 0 Å². The largest absolute Gasteiger partial charge is 0.481 e. The molecule has 0 unspecified atom stereocenters. The van der Waals surface area contributed by atoms with Crippen LogP contribution in [0.15, 0.2) is 16.5 Å². The van der Waals surface area contributed by atoms with Crippen molar-refractivity contribution in [1.29, 1.82) is 0 Å². The number of rotatable bonds is 8. The molecule has 1 aromatic heterocycles. The van der Waals surface area contributed by atoms with Crippen LogP contribution in [0.5, 0.6) is 0 Å². The normalized spacial score (nSPS) is 21.6. The molecule has 7 heteroatoms. The number of carbonyl (C=O) groups excluding carboxylic acids is 1. The molecule has 2 rings (SSSR count). The lowest BCUT2D eigenvalue weighted by atomic mass is 9.76. The standard InChI is InChI=1S/C17H26N2O5/c1-18-15(20)14-6-5-13(24-14)11-19-9-3-7-17(12-19,16(21)22)8-4-10-23-2/h5-6H,3-4,7-12H2,1-2H3,(H,18,20)(H,21,22)/t17-/m1/s1. The van der Waals surface area contributed by atoms with Crippen LogP contribution in [0.2, 0.25) is 0 Å². The van der Waals surface area contributed by atoms with Crippen LogP contribution in [0.1, 0.15) is 42.0 Å². The van der Waals surface area contributed by atoms with Crippen molar-refractivity contribution in [3.05, 3.63) is 23.7 Å². The fourth-order valence-electron chi connectivity index (χ4n) is 3.33. The number of furan rings is 1. The Balaban J connectivity index is 2.01. The van der Waals surface area contributed by atoms with Gasteiger partial charge in [-0.15, -0.1) is 0 Å². The number of carboxylic acid groups (broad SMARTS) is 1. The van der Waals surface area contributed by atoms with E-state index in [0.29, 0.717) is 38.3 Å². The summed E-state index contributed by atoms with van der Waals surface area (Å²) in [6.45, 7) is 2.40. The minimum Gasteiger partial charge on any atom is -0.481 e. The van der Waals surface area contributed by atoms with Crippen molar-refractivity contribution in [3.63, 3.8) is 0 Å². The van der Waals surface area contributed by atoms with Gasteiger partial charge in [0.25, 0.3) is 5.91 Å². The second kappa shape index (κ2) is 8.30. The molecule has 0 radical (unpaired) electrons. The molecule has 1 atom stereocenters. The smallest absolute Gasteiger partial charge is 0.310 e. The maximum atomic E-state index is 11.9. The van der Waals surface area contributed by atoms with Crippen molar-refractivity contribution in [1.82, 2.24) is 10.2 Å². The first-order valence-corrected chi connectivity index (χ1v) is 8.26. The first-order chi connectivity index (χ1) is 11.5. The number of nitrogens with zero attached hydrogens (tertiary/aromatic N) is 1. The van der Waals surface area contributed by atoms with Crippen molar-refractivity contribution in [2.45, 2.75) is 32.2 Å². The highest BCUT2D eigenvalue weighted by Crippen LogP contribution is 2.35. The number of methoxy groups -OCH3 is 1. The van der Waals surface area contributed by atoms with E-state index in [1.165, 1.54) is 0 Å². The van der Waals surface area contributed by atoms with Gasteiger partial charge in [-0.05, 0) is 44.4 Å². The molecule has 1 saturated heterocycles. The number of piperidine rings is 1. The summed E-state index contributed by atoms with van der Waals surface area (Å²) < 4.78 is 10.6. The summed E-state index contributed by atoms with van der Waals surface area (Å²) in [5, 5.41) is 12.3. The van der Waals surface area contributed by atoms with E-state index in [9.17, 15) is 14.7 Å². The number of nitrogens with one attached hydrogen (secondary N) is 1. The molecule has 1 aliphatic rings. The average molecular weight is 338 g/mol. The molecule has 2 N–H and O–H groups in total. The maximum absolute atomic E-state index is 11.9. The fraction of sp³-hybridized carbons (Fsp3) is 0.647. The van der Waals surface area contributed by atoms with E-state index in [1.54, 1.807) is 26.3 Å². The molecule has 0 saturated carbocycles. The molecule has 7 nitrogen and oxygen atoms in total. The molecular formula is C17H26N2O5. The van der Waals surface area contributed by atoms with Crippen LogP contribution in [0.3, 0.4) is 0 Å². The molecule has 0 aliphatic carbocycles. The predicted octanol–water partition coefficient (Wildman–Crippen LogP) is 1.73. The van der Waals surface area contributed by atoms with Gasteiger partial charge in [0.2, 0.25) is 0 Å². The summed E-state index contributed by atoms with van der Waals surface area (Å²) in [6.07, 6.45) is 2.86. The Hall–Kier alpha value is -1.86. The van der Waals surface area contributed by atoms with Gasteiger partial charge < -0.3 is 19.6 Å². The maximum Gasteiger partial charge on any atom is 0.310 e. The minimum absolute atomic E-state index is 0.264. The van der Waals surface area contributed by atoms with E-state index in [2.05, 4.69) is 10.2 Å². The van der Waals surface area contributed by atoms with Gasteiger partial charge in [-0.2, -0.15) is 0 Å². The second-order valence-electron chi connectivity index (χ2n) is 6.34. The number of aliphatic carboxylic acids is 1. The summed E-state index contributed by atoms with van der Waals surface area (Å²) in [6, 6.07) is 3.41. The van der Waals surface area contributed by atoms with Gasteiger partial charge in [-0.25, -0.2) is 0 Å². The van der Waals surface area contributed by atoms with Crippen molar-refractivity contribution in [2.24, 2.45) is 5.41 Å². The van der Waals surface area contributed by atoms with E-state index >= 15 is 0 Å². The Morgan fingerprint density at radius 1 is 1.46 bits per heavy atom. The molecule has 0 aromatic carbocycles. The number of likely N-dealkylation sites (tertiary alicyclic amines) is 1. The zero-order chi connectivity index (χ0) is 17.6. The molecule has 0 bridgehead atoms. The summed E-state index contributed by atoms with van der Waals surface area (Å²) in [7, 11) is 3.18. The van der Waals surface area contributed by atoms with Crippen LogP contribution in [0.4, 0.5) is 0 Å². The van der Waals surface area contributed by atoms with Gasteiger partial charge in [0, 0.05) is 27.3 Å². The van der Waals surface area contributed by atoms with Gasteiger partial charge in [0.15, 0.2) is 5.76 Å². The molecule has 1 aliphatic heterocycles. The molecule has 0 spiro atoms. The van der Waals surface area contributed by atoms with E-state index in [-0.39, 0.29) is 11.7 Å². The fourth-order valence-corrected chi connectivity index (χ4v) is 3.33. The Bertz CT molecular complexity index is 571. The highest BCUT2D eigenvalue weighted by Gasteiger charge is 2.41. The van der Waals surface area contributed by atoms with Crippen LogP contribution in [0.25, 0.3) is 0 Å². The van der Waals surface area contributed by atoms with Gasteiger partial charge in [-0.3, -0.25) is 14.5 Å². The highest BCUT2D eigenvalue weighted by molar-refractivity contribution is 5.91.